The zero-order valence-electron chi connectivity index (χ0n) is 11.0. The lowest BCUT2D eigenvalue weighted by Gasteiger charge is -2.09. The number of halogens is 1. The number of nitrogens with one attached hydrogen (secondary N) is 3. The molecule has 1 aromatic carbocycles. The molecule has 1 aromatic rings. The molecular weight excluding hydrogens is 309 g/mol. The molecule has 10 heteroatoms. The summed E-state index contributed by atoms with van der Waals surface area (Å²) in [5, 5.41) is 2.76. The molecule has 0 radical (unpaired) electrons. The summed E-state index contributed by atoms with van der Waals surface area (Å²) >= 11 is 0. The van der Waals surface area contributed by atoms with Gasteiger partial charge in [-0.05, 0) is 25.2 Å². The van der Waals surface area contributed by atoms with Crippen LogP contribution in [0.3, 0.4) is 0 Å². The average Bonchev–Trinajstić information content (AvgIpc) is 2.30. The van der Waals surface area contributed by atoms with Gasteiger partial charge in [-0.1, -0.05) is 0 Å². The van der Waals surface area contributed by atoms with Crippen molar-refractivity contribution in [2.75, 3.05) is 31.1 Å². The maximum absolute atomic E-state index is 13.7. The largest absolute Gasteiger partial charge is 0.318 e. The monoisotopic (exact) mass is 325 g/mol. The Labute approximate surface area is 117 Å². The van der Waals surface area contributed by atoms with Crippen LogP contribution in [0.5, 0.6) is 0 Å². The predicted octanol–water partition coefficient (Wildman–Crippen LogP) is -0.305. The van der Waals surface area contributed by atoms with Gasteiger partial charge in [0, 0.05) is 13.1 Å². The highest BCUT2D eigenvalue weighted by atomic mass is 32.2. The molecule has 0 spiro atoms. The zero-order valence-corrected chi connectivity index (χ0v) is 12.6. The van der Waals surface area contributed by atoms with E-state index in [1.807, 2.05) is 4.72 Å². The molecule has 0 aromatic heterocycles. The first-order valence-corrected chi connectivity index (χ1v) is 8.95. The Morgan fingerprint density at radius 2 is 1.80 bits per heavy atom. The number of hydrogen-bond acceptors (Lipinski definition) is 5. The van der Waals surface area contributed by atoms with E-state index in [1.165, 1.54) is 0 Å². The molecule has 0 aliphatic heterocycles. The fourth-order valence-electron chi connectivity index (χ4n) is 1.34. The van der Waals surface area contributed by atoms with Gasteiger partial charge in [-0.3, -0.25) is 4.72 Å². The van der Waals surface area contributed by atoms with Crippen molar-refractivity contribution in [2.45, 2.75) is 4.90 Å². The molecule has 0 fully saturated rings. The van der Waals surface area contributed by atoms with Gasteiger partial charge in [-0.15, -0.1) is 0 Å². The summed E-state index contributed by atoms with van der Waals surface area (Å²) < 4.78 is 63.5. The zero-order chi connectivity index (χ0) is 15.4. The van der Waals surface area contributed by atoms with E-state index in [0.29, 0.717) is 6.54 Å². The van der Waals surface area contributed by atoms with Gasteiger partial charge in [0.1, 0.15) is 5.82 Å². The van der Waals surface area contributed by atoms with Gasteiger partial charge in [0.05, 0.1) is 16.8 Å². The lowest BCUT2D eigenvalue weighted by atomic mass is 10.3. The average molecular weight is 325 g/mol. The highest BCUT2D eigenvalue weighted by molar-refractivity contribution is 7.92. The molecule has 0 aliphatic rings. The summed E-state index contributed by atoms with van der Waals surface area (Å²) in [6.07, 6.45) is 0.871. The molecule has 0 heterocycles. The minimum atomic E-state index is -3.82. The van der Waals surface area contributed by atoms with Crippen molar-refractivity contribution in [1.29, 1.82) is 0 Å². The van der Waals surface area contributed by atoms with Crippen molar-refractivity contribution < 1.29 is 21.2 Å². The second-order valence-corrected chi connectivity index (χ2v) is 7.53. The molecule has 0 saturated heterocycles. The van der Waals surface area contributed by atoms with Crippen molar-refractivity contribution in [1.82, 2.24) is 10.0 Å². The molecular formula is C10H16FN3O4S2. The van der Waals surface area contributed by atoms with E-state index in [0.717, 1.165) is 24.5 Å². The van der Waals surface area contributed by atoms with Crippen LogP contribution < -0.4 is 14.8 Å². The maximum atomic E-state index is 13.7. The van der Waals surface area contributed by atoms with E-state index < -0.39 is 25.9 Å². The van der Waals surface area contributed by atoms with Crippen LogP contribution in [-0.2, 0) is 20.0 Å². The van der Waals surface area contributed by atoms with Gasteiger partial charge in [-0.2, -0.15) is 0 Å². The molecule has 3 N–H and O–H groups in total. The van der Waals surface area contributed by atoms with E-state index in [4.69, 9.17) is 0 Å². The van der Waals surface area contributed by atoms with E-state index in [2.05, 4.69) is 10.0 Å². The maximum Gasteiger partial charge on any atom is 0.240 e. The smallest absolute Gasteiger partial charge is 0.240 e. The Morgan fingerprint density at radius 3 is 2.30 bits per heavy atom. The normalized spacial score (nSPS) is 12.3. The third-order valence-corrected chi connectivity index (χ3v) is 4.26. The van der Waals surface area contributed by atoms with Crippen LogP contribution in [0.15, 0.2) is 23.1 Å². The van der Waals surface area contributed by atoms with Crippen LogP contribution in [-0.4, -0.2) is 43.2 Å². The van der Waals surface area contributed by atoms with Gasteiger partial charge < -0.3 is 5.32 Å². The lowest BCUT2D eigenvalue weighted by molar-refractivity contribution is 0.576. The Bertz CT molecular complexity index is 674. The number of anilines is 1. The Balaban J connectivity index is 2.97. The highest BCUT2D eigenvalue weighted by Gasteiger charge is 2.16. The molecule has 7 nitrogen and oxygen atoms in total. The van der Waals surface area contributed by atoms with Crippen LogP contribution in [0.25, 0.3) is 0 Å². The molecule has 0 aliphatic carbocycles. The van der Waals surface area contributed by atoms with Crippen molar-refractivity contribution in [2.24, 2.45) is 0 Å². The second kappa shape index (κ2) is 6.48. The van der Waals surface area contributed by atoms with Crippen LogP contribution >= 0.6 is 0 Å². The number of likely N-dealkylation sites (N-methyl/N-ethyl adjacent to an activating group) is 1. The van der Waals surface area contributed by atoms with Gasteiger partial charge in [0.25, 0.3) is 0 Å². The minimum Gasteiger partial charge on any atom is -0.318 e. The summed E-state index contributed by atoms with van der Waals surface area (Å²) in [5.74, 6) is -0.966. The van der Waals surface area contributed by atoms with Crippen LogP contribution in [0.4, 0.5) is 10.1 Å². The molecule has 0 atom stereocenters. The van der Waals surface area contributed by atoms with Gasteiger partial charge in [0.2, 0.25) is 20.0 Å². The molecule has 0 unspecified atom stereocenters. The van der Waals surface area contributed by atoms with Gasteiger partial charge in [-0.25, -0.2) is 25.9 Å². The summed E-state index contributed by atoms with van der Waals surface area (Å²) in [5.41, 5.74) is -0.304. The lowest BCUT2D eigenvalue weighted by Crippen LogP contribution is -2.30. The first-order valence-electron chi connectivity index (χ1n) is 5.57. The molecule has 0 saturated carbocycles. The molecule has 114 valence electrons. The van der Waals surface area contributed by atoms with Gasteiger partial charge >= 0.3 is 0 Å². The minimum absolute atomic E-state index is 0.157. The van der Waals surface area contributed by atoms with Crippen LogP contribution in [0.1, 0.15) is 0 Å². The van der Waals surface area contributed by atoms with Crippen molar-refractivity contribution in [3.63, 3.8) is 0 Å². The number of benzene rings is 1. The third-order valence-electron chi connectivity index (χ3n) is 2.21. The summed E-state index contributed by atoms with van der Waals surface area (Å²) in [6.45, 7) is 0.583. The molecule has 1 rings (SSSR count). The topological polar surface area (TPSA) is 104 Å². The van der Waals surface area contributed by atoms with E-state index in [1.54, 1.807) is 7.05 Å². The van der Waals surface area contributed by atoms with Crippen LogP contribution in [0, 0.1) is 5.82 Å². The van der Waals surface area contributed by atoms with E-state index in [-0.39, 0.29) is 17.1 Å². The Hall–Kier alpha value is -1.23. The SMILES string of the molecule is CNCCNS(=O)(=O)c1ccc(NS(C)(=O)=O)c(F)c1. The van der Waals surface area contributed by atoms with E-state index in [9.17, 15) is 21.2 Å². The fourth-order valence-corrected chi connectivity index (χ4v) is 2.95. The number of rotatable bonds is 7. The van der Waals surface area contributed by atoms with Crippen molar-refractivity contribution >= 4 is 25.7 Å². The summed E-state index contributed by atoms with van der Waals surface area (Å²) in [7, 11) is -5.79. The van der Waals surface area contributed by atoms with Crippen molar-refractivity contribution in [3.05, 3.63) is 24.0 Å². The number of sulfonamides is 2. The molecule has 0 amide bonds. The standard InChI is InChI=1S/C10H16FN3O4S2/c1-12-5-6-13-20(17,18)8-3-4-10(9(11)7-8)14-19(2,15)16/h3-4,7,12-14H,5-6H2,1-2H3. The summed E-state index contributed by atoms with van der Waals surface area (Å²) in [4.78, 5) is -0.273. The van der Waals surface area contributed by atoms with Crippen molar-refractivity contribution in [3.8, 4) is 0 Å². The predicted molar refractivity (Wildman–Crippen MR) is 74.0 cm³/mol. The van der Waals surface area contributed by atoms with Gasteiger partial charge in [0.15, 0.2) is 0 Å². The quantitative estimate of drug-likeness (QED) is 0.597. The van der Waals surface area contributed by atoms with E-state index >= 15 is 0 Å². The first-order chi connectivity index (χ1) is 9.15. The van der Waals surface area contributed by atoms with Crippen LogP contribution in [0.2, 0.25) is 0 Å². The Morgan fingerprint density at radius 1 is 1.15 bits per heavy atom. The number of hydrogen-bond donors (Lipinski definition) is 3. The highest BCUT2D eigenvalue weighted by Crippen LogP contribution is 2.19. The molecule has 0 bridgehead atoms. The summed E-state index contributed by atoms with van der Waals surface area (Å²) in [6, 6.07) is 2.94. The Kier molecular flexibility index (Phi) is 5.45. The fraction of sp³-hybridized carbons (Fsp3) is 0.400. The molecule has 20 heavy (non-hydrogen) atoms. The second-order valence-electron chi connectivity index (χ2n) is 4.02. The third kappa shape index (κ3) is 5.04. The first kappa shape index (κ1) is 16.8.